The van der Waals surface area contributed by atoms with Crippen molar-refractivity contribution < 1.29 is 26.6 Å². The van der Waals surface area contributed by atoms with Crippen LogP contribution in [0.3, 0.4) is 0 Å². The van der Waals surface area contributed by atoms with Gasteiger partial charge >= 0.3 is 24.0 Å². The van der Waals surface area contributed by atoms with Gasteiger partial charge < -0.3 is 8.23 Å². The zero-order valence-corrected chi connectivity index (χ0v) is 32.2. The highest BCUT2D eigenvalue weighted by molar-refractivity contribution is 7.39. The third-order valence-electron chi connectivity index (χ3n) is 8.05. The summed E-state index contributed by atoms with van der Waals surface area (Å²) in [5.74, 6) is 0. The lowest BCUT2D eigenvalue weighted by Crippen LogP contribution is -2.62. The fourth-order valence-electron chi connectivity index (χ4n) is 4.71. The minimum absolute atomic E-state index is 0.569. The molecule has 1 amide bonds. The van der Waals surface area contributed by atoms with Gasteiger partial charge in [0.2, 0.25) is 0 Å². The van der Waals surface area contributed by atoms with Gasteiger partial charge in [0, 0.05) is 12.7 Å². The van der Waals surface area contributed by atoms with Crippen LogP contribution >= 0.6 is 0 Å². The number of rotatable bonds is 20. The Kier molecular flexibility index (Phi) is 16.0. The van der Waals surface area contributed by atoms with E-state index in [9.17, 15) is 9.18 Å². The first-order valence-corrected chi connectivity index (χ1v) is 29.6. The fourth-order valence-corrected chi connectivity index (χ4v) is 26.3. The number of hydrogen-bond donors (Lipinski definition) is 0. The molecule has 1 atom stereocenters. The highest BCUT2D eigenvalue weighted by atomic mass is 29.3. The number of carbonyl (C=O) groups is 1. The zero-order chi connectivity index (χ0) is 30.6. The van der Waals surface area contributed by atoms with Crippen molar-refractivity contribution in [3.8, 4) is 0 Å². The van der Waals surface area contributed by atoms with Crippen LogP contribution in [0.15, 0.2) is 24.3 Å². The molecule has 0 aliphatic carbocycles. The van der Waals surface area contributed by atoms with Crippen molar-refractivity contribution in [1.82, 2.24) is 0 Å². The summed E-state index contributed by atoms with van der Waals surface area (Å²) in [5, 5.41) is 0. The standard InChI is InChI=1S/C28H57FNO5Si5/c1-12-14-22-37(5,6)34-36(4)32-33-40(11,35-39(9,10)38(7,8)23-15-13-2)24-17-16-19-26-20-18-21-27(25-26)30(3)28(29)31/h18,20-21,25H,12-17,19,22-24H2,1-11H3. The molecular formula is C28H57FNO5Si5. The number of amides is 1. The van der Waals surface area contributed by atoms with Crippen LogP contribution in [0, 0.1) is 0 Å². The molecule has 0 bridgehead atoms. The number of benzene rings is 1. The number of aryl methyl sites for hydroxylation is 1. The van der Waals surface area contributed by atoms with Gasteiger partial charge in [0.25, 0.3) is 0 Å². The normalized spacial score (nSPS) is 14.4. The molecule has 231 valence electrons. The van der Waals surface area contributed by atoms with Gasteiger partial charge in [0.05, 0.1) is 7.59 Å². The van der Waals surface area contributed by atoms with Gasteiger partial charge in [-0.15, -0.1) is 4.39 Å². The topological polar surface area (TPSA) is 57.2 Å². The lowest BCUT2D eigenvalue weighted by molar-refractivity contribution is -0.144. The first-order chi connectivity index (χ1) is 18.5. The second-order valence-corrected chi connectivity index (χ2v) is 37.7. The Morgan fingerprint density at radius 2 is 1.55 bits per heavy atom. The summed E-state index contributed by atoms with van der Waals surface area (Å²) < 4.78 is 39.1. The van der Waals surface area contributed by atoms with Crippen molar-refractivity contribution in [2.45, 2.75) is 129 Å². The molecular weight excluding hydrogens is 590 g/mol. The van der Waals surface area contributed by atoms with Crippen LogP contribution in [-0.2, 0) is 23.8 Å². The fraction of sp³-hybridized carbons (Fsp3) is 0.750. The second-order valence-electron chi connectivity index (χ2n) is 13.0. The maximum atomic E-state index is 13.2. The number of unbranched alkanes of at least 4 members (excludes halogenated alkanes) is 3. The molecule has 1 rings (SSSR count). The smallest absolute Gasteiger partial charge is 0.407 e. The molecule has 0 saturated heterocycles. The molecule has 0 aliphatic rings. The monoisotopic (exact) mass is 646 g/mol. The second kappa shape index (κ2) is 17.0. The van der Waals surface area contributed by atoms with E-state index in [1.54, 1.807) is 6.07 Å². The van der Waals surface area contributed by atoms with Gasteiger partial charge in [-0.3, -0.25) is 14.1 Å². The van der Waals surface area contributed by atoms with Crippen LogP contribution in [0.1, 0.15) is 57.9 Å². The Morgan fingerprint density at radius 1 is 0.925 bits per heavy atom. The molecule has 1 unspecified atom stereocenters. The first kappa shape index (κ1) is 37.6. The van der Waals surface area contributed by atoms with E-state index >= 15 is 0 Å². The average molecular weight is 647 g/mol. The summed E-state index contributed by atoms with van der Waals surface area (Å²) in [4.78, 5) is 12.2. The van der Waals surface area contributed by atoms with E-state index in [1.165, 1.54) is 38.8 Å². The number of anilines is 1. The van der Waals surface area contributed by atoms with E-state index in [4.69, 9.17) is 17.4 Å². The van der Waals surface area contributed by atoms with Crippen molar-refractivity contribution in [2.75, 3.05) is 11.9 Å². The first-order valence-electron chi connectivity index (χ1n) is 15.1. The summed E-state index contributed by atoms with van der Waals surface area (Å²) in [6.45, 7) is 22.9. The Morgan fingerprint density at radius 3 is 2.15 bits per heavy atom. The molecule has 0 spiro atoms. The maximum Gasteiger partial charge on any atom is 0.407 e. The zero-order valence-electron chi connectivity index (χ0n) is 27.2. The number of hydrogen-bond acceptors (Lipinski definition) is 5. The molecule has 6 nitrogen and oxygen atoms in total. The number of carbonyl (C=O) groups excluding carboxylic acids is 1. The van der Waals surface area contributed by atoms with Crippen molar-refractivity contribution >= 4 is 53.4 Å². The molecule has 0 aromatic heterocycles. The predicted molar refractivity (Wildman–Crippen MR) is 179 cm³/mol. The minimum Gasteiger partial charge on any atom is -0.437 e. The summed E-state index contributed by atoms with van der Waals surface area (Å²) in [6.07, 6.45) is 6.10. The Bertz CT molecular complexity index is 908. The molecule has 0 heterocycles. The van der Waals surface area contributed by atoms with E-state index in [0.29, 0.717) is 5.69 Å². The molecule has 0 fully saturated rings. The third kappa shape index (κ3) is 13.2. The summed E-state index contributed by atoms with van der Waals surface area (Å²) in [6, 6.07) is 10.8. The van der Waals surface area contributed by atoms with E-state index in [-0.39, 0.29) is 0 Å². The van der Waals surface area contributed by atoms with Crippen molar-refractivity contribution in [3.05, 3.63) is 29.8 Å². The highest BCUT2D eigenvalue weighted by Crippen LogP contribution is 2.32. The maximum absolute atomic E-state index is 13.2. The molecule has 12 heteroatoms. The van der Waals surface area contributed by atoms with Crippen LogP contribution in [0.4, 0.5) is 14.9 Å². The van der Waals surface area contributed by atoms with Gasteiger partial charge in [0.15, 0.2) is 16.2 Å². The Hall–Kier alpha value is -0.456. The predicted octanol–water partition coefficient (Wildman–Crippen LogP) is 9.50. The van der Waals surface area contributed by atoms with E-state index in [2.05, 4.69) is 59.7 Å². The summed E-state index contributed by atoms with van der Waals surface area (Å²) in [5.41, 5.74) is 1.65. The highest BCUT2D eigenvalue weighted by Gasteiger charge is 2.49. The van der Waals surface area contributed by atoms with Crippen molar-refractivity contribution in [1.29, 1.82) is 0 Å². The van der Waals surface area contributed by atoms with Crippen molar-refractivity contribution in [2.24, 2.45) is 0 Å². The largest absolute Gasteiger partial charge is 0.437 e. The van der Waals surface area contributed by atoms with Crippen LogP contribution in [0.2, 0.25) is 70.5 Å². The SMILES string of the molecule is CCCC[Si](C)(C)O[Si](C)OO[Si](C)(CCCCc1cccc(N(C)C(=O)F)c1)O[Si](C)(C)[Si](C)(C)CCCC. The quantitative estimate of drug-likeness (QED) is 0.0353. The average Bonchev–Trinajstić information content (AvgIpc) is 2.87. The van der Waals surface area contributed by atoms with Crippen molar-refractivity contribution in [3.63, 3.8) is 0 Å². The van der Waals surface area contributed by atoms with Crippen LogP contribution in [0.25, 0.3) is 0 Å². The van der Waals surface area contributed by atoms with Gasteiger partial charge in [-0.1, -0.05) is 77.2 Å². The molecule has 0 aliphatic heterocycles. The Balaban J connectivity index is 2.93. The van der Waals surface area contributed by atoms with Gasteiger partial charge in [-0.05, 0) is 81.9 Å². The summed E-state index contributed by atoms with van der Waals surface area (Å²) in [7, 11) is -8.08. The molecule has 0 saturated carbocycles. The Labute approximate surface area is 250 Å². The minimum atomic E-state index is -2.65. The van der Waals surface area contributed by atoms with Crippen LogP contribution < -0.4 is 4.90 Å². The number of halogens is 1. The van der Waals surface area contributed by atoms with Gasteiger partial charge in [-0.25, -0.2) is 4.79 Å². The van der Waals surface area contributed by atoms with Gasteiger partial charge in [0.1, 0.15) is 0 Å². The molecule has 1 aromatic rings. The lowest BCUT2D eigenvalue weighted by Gasteiger charge is -2.43. The number of nitrogens with zero attached hydrogens (tertiary/aromatic N) is 1. The van der Waals surface area contributed by atoms with E-state index < -0.39 is 47.7 Å². The lowest BCUT2D eigenvalue weighted by atomic mass is 10.1. The molecule has 1 radical (unpaired) electrons. The molecule has 40 heavy (non-hydrogen) atoms. The van der Waals surface area contributed by atoms with Crippen LogP contribution in [-0.4, -0.2) is 54.8 Å². The van der Waals surface area contributed by atoms with E-state index in [0.717, 1.165) is 41.8 Å². The summed E-state index contributed by atoms with van der Waals surface area (Å²) >= 11 is 0. The molecule has 0 N–H and O–H groups in total. The molecule has 1 aromatic carbocycles. The van der Waals surface area contributed by atoms with Crippen LogP contribution in [0.5, 0.6) is 0 Å². The third-order valence-corrected chi connectivity index (χ3v) is 35.2. The van der Waals surface area contributed by atoms with Gasteiger partial charge in [-0.2, -0.15) is 0 Å². The van der Waals surface area contributed by atoms with E-state index in [1.807, 2.05) is 24.7 Å².